The summed E-state index contributed by atoms with van der Waals surface area (Å²) in [6.07, 6.45) is 0. The van der Waals surface area contributed by atoms with Crippen LogP contribution in [0, 0.1) is 6.92 Å². The van der Waals surface area contributed by atoms with E-state index in [-0.39, 0.29) is 22.8 Å². The van der Waals surface area contributed by atoms with Crippen molar-refractivity contribution in [2.75, 3.05) is 0 Å². The van der Waals surface area contributed by atoms with Gasteiger partial charge in [-0.3, -0.25) is 9.48 Å². The number of fused-ring (bicyclic) bond motifs is 1. The Morgan fingerprint density at radius 3 is 2.34 bits per heavy atom. The van der Waals surface area contributed by atoms with E-state index in [4.69, 9.17) is 5.14 Å². The van der Waals surface area contributed by atoms with Gasteiger partial charge in [-0.2, -0.15) is 5.10 Å². The maximum atomic E-state index is 13.1. The highest BCUT2D eigenvalue weighted by atomic mass is 32.2. The fraction of sp³-hybridized carbons (Fsp3) is 0.350. The van der Waals surface area contributed by atoms with E-state index in [0.29, 0.717) is 11.2 Å². The smallest absolute Gasteiger partial charge is 0.252 e. The van der Waals surface area contributed by atoms with Gasteiger partial charge in [-0.1, -0.05) is 26.0 Å². The molecule has 2 aromatic heterocycles. The molecule has 0 aliphatic rings. The van der Waals surface area contributed by atoms with Gasteiger partial charge in [0.1, 0.15) is 0 Å². The summed E-state index contributed by atoms with van der Waals surface area (Å²) in [7, 11) is -1.95. The maximum Gasteiger partial charge on any atom is 0.252 e. The minimum Gasteiger partial charge on any atom is -0.345 e. The number of carbonyl (C=O) groups excluding carboxylic acids is 1. The second-order valence-electron chi connectivity index (χ2n) is 7.47. The van der Waals surface area contributed by atoms with Crippen LogP contribution >= 0.6 is 0 Å². The number of aryl methyl sites for hydroxylation is 2. The number of nitrogens with zero attached hydrogens (tertiary/aromatic N) is 3. The summed E-state index contributed by atoms with van der Waals surface area (Å²) < 4.78 is 24.5. The molecule has 1 amide bonds. The Hall–Kier alpha value is -2.78. The number of aromatic nitrogens is 3. The summed E-state index contributed by atoms with van der Waals surface area (Å²) in [6.45, 7) is 7.73. The highest BCUT2D eigenvalue weighted by molar-refractivity contribution is 7.89. The van der Waals surface area contributed by atoms with Gasteiger partial charge in [0.05, 0.1) is 27.6 Å². The van der Waals surface area contributed by atoms with Crippen LogP contribution in [0.5, 0.6) is 0 Å². The van der Waals surface area contributed by atoms with Gasteiger partial charge in [0.25, 0.3) is 5.91 Å². The first-order chi connectivity index (χ1) is 13.5. The molecule has 0 spiro atoms. The molecule has 0 aliphatic heterocycles. The normalized spacial score (nSPS) is 13.1. The molecule has 3 N–H and O–H groups in total. The number of nitrogens with two attached hydrogens (primary N) is 1. The van der Waals surface area contributed by atoms with Crippen molar-refractivity contribution in [3.63, 3.8) is 0 Å². The van der Waals surface area contributed by atoms with Gasteiger partial charge >= 0.3 is 0 Å². The fourth-order valence-electron chi connectivity index (χ4n) is 3.24. The topological polar surface area (TPSA) is 120 Å². The lowest BCUT2D eigenvalue weighted by molar-refractivity contribution is 0.0941. The van der Waals surface area contributed by atoms with E-state index in [1.807, 2.05) is 40.8 Å². The van der Waals surface area contributed by atoms with Crippen LogP contribution in [0.4, 0.5) is 0 Å². The number of sulfonamides is 1. The van der Waals surface area contributed by atoms with Crippen LogP contribution in [0.25, 0.3) is 11.0 Å². The Morgan fingerprint density at radius 2 is 1.79 bits per heavy atom. The number of pyridine rings is 1. The Bertz CT molecular complexity index is 1180. The quantitative estimate of drug-likeness (QED) is 0.663. The Balaban J connectivity index is 1.95. The largest absolute Gasteiger partial charge is 0.345 e. The first-order valence-electron chi connectivity index (χ1n) is 9.27. The average molecular weight is 416 g/mol. The van der Waals surface area contributed by atoms with E-state index < -0.39 is 10.0 Å². The van der Waals surface area contributed by atoms with E-state index in [9.17, 15) is 13.2 Å². The van der Waals surface area contributed by atoms with Gasteiger partial charge in [0, 0.05) is 12.7 Å². The predicted octanol–water partition coefficient (Wildman–Crippen LogP) is 2.54. The number of benzene rings is 1. The Morgan fingerprint density at radius 1 is 1.17 bits per heavy atom. The summed E-state index contributed by atoms with van der Waals surface area (Å²) in [5.41, 5.74) is 3.51. The van der Waals surface area contributed by atoms with E-state index in [1.54, 1.807) is 16.8 Å². The van der Waals surface area contributed by atoms with E-state index in [0.717, 1.165) is 22.3 Å². The second-order valence-corrected chi connectivity index (χ2v) is 9.03. The van der Waals surface area contributed by atoms with Crippen molar-refractivity contribution in [3.05, 3.63) is 52.8 Å². The van der Waals surface area contributed by atoms with Gasteiger partial charge in [-0.25, -0.2) is 18.5 Å². The highest BCUT2D eigenvalue weighted by Gasteiger charge is 2.21. The molecular weight excluding hydrogens is 390 g/mol. The van der Waals surface area contributed by atoms with E-state index >= 15 is 0 Å². The van der Waals surface area contributed by atoms with Crippen LogP contribution in [0.2, 0.25) is 0 Å². The van der Waals surface area contributed by atoms with Gasteiger partial charge in [-0.15, -0.1) is 0 Å². The number of rotatable bonds is 5. The number of primary sulfonamides is 1. The molecule has 0 saturated carbocycles. The molecule has 0 saturated heterocycles. The zero-order valence-electron chi connectivity index (χ0n) is 17.1. The number of nitrogens with one attached hydrogen (secondary N) is 1. The van der Waals surface area contributed by atoms with Crippen molar-refractivity contribution in [2.45, 2.75) is 44.6 Å². The minimum absolute atomic E-state index is 0.0307. The lowest BCUT2D eigenvalue weighted by Gasteiger charge is -2.16. The molecule has 154 valence electrons. The summed E-state index contributed by atoms with van der Waals surface area (Å²) in [4.78, 5) is 17.8. The van der Waals surface area contributed by atoms with Crippen molar-refractivity contribution >= 4 is 27.0 Å². The van der Waals surface area contributed by atoms with Crippen LogP contribution in [0.3, 0.4) is 0 Å². The van der Waals surface area contributed by atoms with Crippen molar-refractivity contribution in [3.8, 4) is 0 Å². The average Bonchev–Trinajstić information content (AvgIpc) is 2.94. The molecule has 2 heterocycles. The third kappa shape index (κ3) is 4.15. The first kappa shape index (κ1) is 20.9. The number of hydrogen-bond donors (Lipinski definition) is 2. The molecule has 3 rings (SSSR count). The number of hydrogen-bond acceptors (Lipinski definition) is 5. The van der Waals surface area contributed by atoms with Crippen molar-refractivity contribution < 1.29 is 13.2 Å². The lowest BCUT2D eigenvalue weighted by Crippen LogP contribution is -2.27. The van der Waals surface area contributed by atoms with Crippen LogP contribution in [0.15, 0.2) is 35.2 Å². The van der Waals surface area contributed by atoms with E-state index in [2.05, 4.69) is 15.4 Å². The maximum absolute atomic E-state index is 13.1. The SMILES string of the molecule is Cc1nn(C)c2nc(C(C)C)cc(C(=O)N[C@@H](C)c3ccc(S(N)(=O)=O)cc3)c12. The van der Waals surface area contributed by atoms with Gasteiger partial charge in [-0.05, 0) is 43.5 Å². The fourth-order valence-corrected chi connectivity index (χ4v) is 3.76. The summed E-state index contributed by atoms with van der Waals surface area (Å²) in [5.74, 6) is -0.0808. The molecule has 9 heteroatoms. The molecule has 0 aliphatic carbocycles. The van der Waals surface area contributed by atoms with Crippen LogP contribution in [-0.2, 0) is 17.1 Å². The zero-order chi connectivity index (χ0) is 21.5. The van der Waals surface area contributed by atoms with Crippen molar-refractivity contribution in [2.24, 2.45) is 12.2 Å². The molecular formula is C20H25N5O3S. The molecule has 0 unspecified atom stereocenters. The Kier molecular flexibility index (Phi) is 5.46. The van der Waals surface area contributed by atoms with Crippen molar-refractivity contribution in [1.29, 1.82) is 0 Å². The molecule has 1 atom stereocenters. The van der Waals surface area contributed by atoms with Gasteiger partial charge < -0.3 is 5.32 Å². The highest BCUT2D eigenvalue weighted by Crippen LogP contribution is 2.25. The third-order valence-electron chi connectivity index (χ3n) is 4.88. The molecule has 3 aromatic rings. The molecule has 0 fully saturated rings. The van der Waals surface area contributed by atoms with Crippen LogP contribution in [0.1, 0.15) is 60.0 Å². The molecule has 29 heavy (non-hydrogen) atoms. The predicted molar refractivity (Wildman–Crippen MR) is 111 cm³/mol. The van der Waals surface area contributed by atoms with Crippen LogP contribution < -0.4 is 10.5 Å². The second kappa shape index (κ2) is 7.57. The first-order valence-corrected chi connectivity index (χ1v) is 10.8. The van der Waals surface area contributed by atoms with Gasteiger partial charge in [0.15, 0.2) is 5.65 Å². The number of amides is 1. The van der Waals surface area contributed by atoms with Gasteiger partial charge in [0.2, 0.25) is 10.0 Å². The Labute approximate surface area is 170 Å². The minimum atomic E-state index is -3.75. The third-order valence-corrected chi connectivity index (χ3v) is 5.81. The van der Waals surface area contributed by atoms with Crippen molar-refractivity contribution in [1.82, 2.24) is 20.1 Å². The van der Waals surface area contributed by atoms with E-state index in [1.165, 1.54) is 12.1 Å². The lowest BCUT2D eigenvalue weighted by atomic mass is 10.0. The molecule has 1 aromatic carbocycles. The number of carbonyl (C=O) groups is 1. The summed E-state index contributed by atoms with van der Waals surface area (Å²) in [5, 5.41) is 13.3. The zero-order valence-corrected chi connectivity index (χ0v) is 17.9. The molecule has 0 bridgehead atoms. The molecule has 8 nitrogen and oxygen atoms in total. The monoisotopic (exact) mass is 415 g/mol. The standard InChI is InChI=1S/C20H25N5O3S/c1-11(2)17-10-16(18-13(4)24-25(5)19(18)23-17)20(26)22-12(3)14-6-8-15(9-7-14)29(21,27)28/h6-12H,1-5H3,(H,22,26)(H2,21,27,28)/t12-/m0/s1. The van der Waals surface area contributed by atoms with Crippen LogP contribution in [-0.4, -0.2) is 29.1 Å². The summed E-state index contributed by atoms with van der Waals surface area (Å²) >= 11 is 0. The molecule has 0 radical (unpaired) electrons. The summed E-state index contributed by atoms with van der Waals surface area (Å²) in [6, 6.07) is 7.62.